The van der Waals surface area contributed by atoms with Gasteiger partial charge in [-0.1, -0.05) is 20.8 Å². The lowest BCUT2D eigenvalue weighted by atomic mass is 10.0. The van der Waals surface area contributed by atoms with Gasteiger partial charge in [0.2, 0.25) is 0 Å². The van der Waals surface area contributed by atoms with Gasteiger partial charge < -0.3 is 9.16 Å². The molecule has 0 aromatic carbocycles. The summed E-state index contributed by atoms with van der Waals surface area (Å²) in [5.74, 6) is 0. The van der Waals surface area contributed by atoms with Crippen LogP contribution >= 0.6 is 0 Å². The zero-order chi connectivity index (χ0) is 17.6. The Morgan fingerprint density at radius 1 is 1.35 bits per heavy atom. The molecule has 130 valence electrons. The van der Waals surface area contributed by atoms with Gasteiger partial charge in [0.05, 0.1) is 11.7 Å². The highest BCUT2D eigenvalue weighted by Gasteiger charge is 2.48. The minimum atomic E-state index is -1.94. The summed E-state index contributed by atoms with van der Waals surface area (Å²) in [5, 5.41) is 0.107. The Morgan fingerprint density at radius 2 is 1.96 bits per heavy atom. The van der Waals surface area contributed by atoms with E-state index in [4.69, 9.17) is 9.16 Å². The molecule has 23 heavy (non-hydrogen) atoms. The maximum absolute atomic E-state index is 12.0. The fourth-order valence-electron chi connectivity index (χ4n) is 2.49. The molecule has 0 unspecified atom stereocenters. The molecule has 1 fully saturated rings. The van der Waals surface area contributed by atoms with E-state index < -0.39 is 31.4 Å². The summed E-state index contributed by atoms with van der Waals surface area (Å²) in [6.45, 7) is 15.0. The second kappa shape index (κ2) is 5.72. The molecule has 2 atom stereocenters. The van der Waals surface area contributed by atoms with E-state index in [1.54, 1.807) is 0 Å². The third kappa shape index (κ3) is 3.67. The Morgan fingerprint density at radius 3 is 2.48 bits per heavy atom. The number of nitrogens with zero attached hydrogens (tertiary/aromatic N) is 1. The molecule has 0 saturated carbocycles. The van der Waals surface area contributed by atoms with Crippen molar-refractivity contribution >= 4 is 8.32 Å². The standard InChI is InChI=1S/C16H28N2O4Si/c1-15(2,3)23(6,7)22-11-10-13(21-16(11,4)5)18-9-8-12(19)17-14(18)20/h8-9,11,13H,10H2,1-7H3,(H,17,19,20)/t11-,13-/m1/s1. The van der Waals surface area contributed by atoms with Crippen LogP contribution < -0.4 is 11.2 Å². The fourth-order valence-corrected chi connectivity index (χ4v) is 3.93. The Bertz CT molecular complexity index is 684. The first kappa shape index (κ1) is 18.2. The van der Waals surface area contributed by atoms with Crippen molar-refractivity contribution in [1.82, 2.24) is 9.55 Å². The molecule has 0 spiro atoms. The Balaban J connectivity index is 2.25. The highest BCUT2D eigenvalue weighted by atomic mass is 28.4. The largest absolute Gasteiger partial charge is 0.411 e. The highest BCUT2D eigenvalue weighted by Crippen LogP contribution is 2.43. The molecule has 2 rings (SSSR count). The second-order valence-electron chi connectivity index (χ2n) is 8.30. The average Bonchev–Trinajstić information content (AvgIpc) is 2.62. The van der Waals surface area contributed by atoms with Gasteiger partial charge in [0.15, 0.2) is 8.32 Å². The van der Waals surface area contributed by atoms with Crippen molar-refractivity contribution in [3.63, 3.8) is 0 Å². The predicted octanol–water partition coefficient (Wildman–Crippen LogP) is 2.62. The van der Waals surface area contributed by atoms with Crippen LogP contribution in [-0.4, -0.2) is 29.6 Å². The van der Waals surface area contributed by atoms with E-state index in [1.165, 1.54) is 16.8 Å². The molecule has 0 bridgehead atoms. The lowest BCUT2D eigenvalue weighted by molar-refractivity contribution is -0.0769. The highest BCUT2D eigenvalue weighted by molar-refractivity contribution is 6.74. The Hall–Kier alpha value is -1.18. The van der Waals surface area contributed by atoms with Gasteiger partial charge >= 0.3 is 5.69 Å². The van der Waals surface area contributed by atoms with Gasteiger partial charge in [-0.05, 0) is 32.0 Å². The second-order valence-corrected chi connectivity index (χ2v) is 13.1. The Kier molecular flexibility index (Phi) is 4.51. The third-order valence-corrected chi connectivity index (χ3v) is 9.52. The van der Waals surface area contributed by atoms with Crippen LogP contribution in [0.25, 0.3) is 0 Å². The molecule has 2 heterocycles. The average molecular weight is 340 g/mol. The van der Waals surface area contributed by atoms with E-state index in [0.29, 0.717) is 6.42 Å². The van der Waals surface area contributed by atoms with Gasteiger partial charge in [0.1, 0.15) is 6.23 Å². The predicted molar refractivity (Wildman–Crippen MR) is 92.2 cm³/mol. The third-order valence-electron chi connectivity index (χ3n) is 5.04. The van der Waals surface area contributed by atoms with E-state index in [0.717, 1.165) is 0 Å². The smallest absolute Gasteiger partial charge is 0.330 e. The van der Waals surface area contributed by atoms with Gasteiger partial charge in [-0.25, -0.2) is 4.79 Å². The maximum atomic E-state index is 12.0. The van der Waals surface area contributed by atoms with Gasteiger partial charge in [-0.2, -0.15) is 0 Å². The van der Waals surface area contributed by atoms with Crippen LogP contribution in [0.2, 0.25) is 18.1 Å². The van der Waals surface area contributed by atoms with Crippen LogP contribution in [0, 0.1) is 0 Å². The van der Waals surface area contributed by atoms with Crippen LogP contribution in [0.3, 0.4) is 0 Å². The van der Waals surface area contributed by atoms with Crippen molar-refractivity contribution in [3.8, 4) is 0 Å². The first-order valence-corrected chi connectivity index (χ1v) is 10.9. The number of hydrogen-bond donors (Lipinski definition) is 1. The molecule has 0 radical (unpaired) electrons. The number of nitrogens with one attached hydrogen (secondary N) is 1. The zero-order valence-electron chi connectivity index (χ0n) is 15.1. The first-order chi connectivity index (χ1) is 10.3. The molecule has 1 aliphatic rings. The van der Waals surface area contributed by atoms with E-state index in [2.05, 4.69) is 38.8 Å². The van der Waals surface area contributed by atoms with Gasteiger partial charge in [-0.3, -0.25) is 14.3 Å². The number of H-pyrrole nitrogens is 1. The number of aromatic amines is 1. The molecule has 0 aliphatic carbocycles. The van der Waals surface area contributed by atoms with Crippen molar-refractivity contribution in [3.05, 3.63) is 33.1 Å². The van der Waals surface area contributed by atoms with E-state index in [-0.39, 0.29) is 11.1 Å². The van der Waals surface area contributed by atoms with E-state index in [1.807, 2.05) is 13.8 Å². The van der Waals surface area contributed by atoms with Crippen LogP contribution in [0.5, 0.6) is 0 Å². The number of rotatable bonds is 3. The lowest BCUT2D eigenvalue weighted by Gasteiger charge is -2.41. The molecule has 1 aliphatic heterocycles. The number of ether oxygens (including phenoxy) is 1. The molecular weight excluding hydrogens is 312 g/mol. The summed E-state index contributed by atoms with van der Waals surface area (Å²) < 4.78 is 14.0. The molecule has 7 heteroatoms. The van der Waals surface area contributed by atoms with Crippen LogP contribution in [0.15, 0.2) is 21.9 Å². The van der Waals surface area contributed by atoms with Crippen molar-refractivity contribution in [2.24, 2.45) is 0 Å². The lowest BCUT2D eigenvalue weighted by Crippen LogP contribution is -2.48. The van der Waals surface area contributed by atoms with Gasteiger partial charge in [0.25, 0.3) is 5.56 Å². The van der Waals surface area contributed by atoms with Crippen LogP contribution in [-0.2, 0) is 9.16 Å². The molecular formula is C16H28N2O4Si. The van der Waals surface area contributed by atoms with Crippen LogP contribution in [0.4, 0.5) is 0 Å². The van der Waals surface area contributed by atoms with E-state index in [9.17, 15) is 9.59 Å². The minimum absolute atomic E-state index is 0.0905. The Labute approximate surface area is 138 Å². The normalized spacial score (nSPS) is 24.8. The molecule has 1 aromatic rings. The summed E-state index contributed by atoms with van der Waals surface area (Å²) in [6.07, 6.45) is 1.55. The van der Waals surface area contributed by atoms with Gasteiger partial charge in [0, 0.05) is 18.7 Å². The molecule has 1 aromatic heterocycles. The molecule has 1 N–H and O–H groups in total. The molecule has 1 saturated heterocycles. The first-order valence-electron chi connectivity index (χ1n) is 8.01. The van der Waals surface area contributed by atoms with Crippen molar-refractivity contribution in [2.45, 2.75) is 77.1 Å². The number of aromatic nitrogens is 2. The minimum Gasteiger partial charge on any atom is -0.411 e. The van der Waals surface area contributed by atoms with E-state index >= 15 is 0 Å². The SMILES string of the molecule is CC1(C)O[C@@H](n2ccc(=O)[nH]c2=O)C[C@H]1O[Si](C)(C)C(C)(C)C. The van der Waals surface area contributed by atoms with Gasteiger partial charge in [-0.15, -0.1) is 0 Å². The summed E-state index contributed by atoms with van der Waals surface area (Å²) in [6, 6.07) is 1.33. The maximum Gasteiger partial charge on any atom is 0.330 e. The van der Waals surface area contributed by atoms with Crippen LogP contribution in [0.1, 0.15) is 47.3 Å². The molecule has 0 amide bonds. The zero-order valence-corrected chi connectivity index (χ0v) is 16.1. The summed E-state index contributed by atoms with van der Waals surface area (Å²) >= 11 is 0. The van der Waals surface area contributed by atoms with Crippen molar-refractivity contribution in [2.75, 3.05) is 0 Å². The fraction of sp³-hybridized carbons (Fsp3) is 0.750. The summed E-state index contributed by atoms with van der Waals surface area (Å²) in [4.78, 5) is 25.5. The monoisotopic (exact) mass is 340 g/mol. The van der Waals surface area contributed by atoms with Crippen molar-refractivity contribution < 1.29 is 9.16 Å². The summed E-state index contributed by atoms with van der Waals surface area (Å²) in [7, 11) is -1.94. The quantitative estimate of drug-likeness (QED) is 0.859. The number of hydrogen-bond acceptors (Lipinski definition) is 4. The van der Waals surface area contributed by atoms with Crippen molar-refractivity contribution in [1.29, 1.82) is 0 Å². The topological polar surface area (TPSA) is 73.3 Å². The summed E-state index contributed by atoms with van der Waals surface area (Å²) in [5.41, 5.74) is -1.35. The molecule has 6 nitrogen and oxygen atoms in total.